The fraction of sp³-hybridized carbons (Fsp3) is 0.273. The highest BCUT2D eigenvalue weighted by atomic mass is 35.5. The summed E-state index contributed by atoms with van der Waals surface area (Å²) in [5.74, 6) is 0.885. The van der Waals surface area contributed by atoms with E-state index in [4.69, 9.17) is 16.1 Å². The molecule has 0 radical (unpaired) electrons. The van der Waals surface area contributed by atoms with E-state index in [1.165, 1.54) is 12.1 Å². The highest BCUT2D eigenvalue weighted by molar-refractivity contribution is 6.33. The second-order valence-corrected chi connectivity index (χ2v) is 3.99. The van der Waals surface area contributed by atoms with E-state index in [0.29, 0.717) is 22.4 Å². The van der Waals surface area contributed by atoms with Crippen molar-refractivity contribution < 1.29 is 9.63 Å². The van der Waals surface area contributed by atoms with Gasteiger partial charge in [0.25, 0.3) is 11.8 Å². The SMILES string of the molecule is CCN(C)c1noc(-c2cc(O)ccc2Cl)n1. The molecule has 0 fully saturated rings. The summed E-state index contributed by atoms with van der Waals surface area (Å²) in [6, 6.07) is 4.58. The van der Waals surface area contributed by atoms with Crippen molar-refractivity contribution in [3.8, 4) is 17.2 Å². The Balaban J connectivity index is 2.40. The van der Waals surface area contributed by atoms with E-state index in [-0.39, 0.29) is 5.75 Å². The normalized spacial score (nSPS) is 10.5. The van der Waals surface area contributed by atoms with E-state index < -0.39 is 0 Å². The third-order valence-corrected chi connectivity index (χ3v) is 2.74. The van der Waals surface area contributed by atoms with Crippen LogP contribution in [0.1, 0.15) is 6.92 Å². The third-order valence-electron chi connectivity index (χ3n) is 2.41. The van der Waals surface area contributed by atoms with Crippen LogP contribution < -0.4 is 4.90 Å². The van der Waals surface area contributed by atoms with Gasteiger partial charge in [-0.15, -0.1) is 0 Å². The molecule has 0 saturated heterocycles. The zero-order valence-electron chi connectivity index (χ0n) is 9.51. The Labute approximate surface area is 104 Å². The van der Waals surface area contributed by atoms with Gasteiger partial charge in [0.2, 0.25) is 0 Å². The number of aromatic nitrogens is 2. The van der Waals surface area contributed by atoms with Crippen LogP contribution in [0.2, 0.25) is 5.02 Å². The molecular weight excluding hydrogens is 242 g/mol. The molecule has 0 unspecified atom stereocenters. The first-order chi connectivity index (χ1) is 8.11. The fourth-order valence-corrected chi connectivity index (χ4v) is 1.50. The molecule has 5 nitrogen and oxygen atoms in total. The average Bonchev–Trinajstić information content (AvgIpc) is 2.80. The molecule has 17 heavy (non-hydrogen) atoms. The van der Waals surface area contributed by atoms with Crippen molar-refractivity contribution in [1.29, 1.82) is 0 Å². The van der Waals surface area contributed by atoms with Crippen LogP contribution in [0.15, 0.2) is 22.7 Å². The van der Waals surface area contributed by atoms with Gasteiger partial charge in [-0.3, -0.25) is 0 Å². The van der Waals surface area contributed by atoms with Crippen LogP contribution in [0.4, 0.5) is 5.95 Å². The predicted octanol–water partition coefficient (Wildman–Crippen LogP) is 2.55. The zero-order chi connectivity index (χ0) is 12.4. The largest absolute Gasteiger partial charge is 0.508 e. The van der Waals surface area contributed by atoms with Crippen molar-refractivity contribution in [2.45, 2.75) is 6.92 Å². The smallest absolute Gasteiger partial charge is 0.266 e. The minimum atomic E-state index is 0.105. The van der Waals surface area contributed by atoms with Gasteiger partial charge in [-0.2, -0.15) is 4.98 Å². The van der Waals surface area contributed by atoms with Crippen molar-refractivity contribution in [2.24, 2.45) is 0 Å². The topological polar surface area (TPSA) is 62.4 Å². The van der Waals surface area contributed by atoms with Crippen LogP contribution >= 0.6 is 11.6 Å². The first-order valence-corrected chi connectivity index (χ1v) is 5.53. The van der Waals surface area contributed by atoms with Gasteiger partial charge in [0.1, 0.15) is 5.75 Å². The summed E-state index contributed by atoms with van der Waals surface area (Å²) in [7, 11) is 1.86. The number of aromatic hydroxyl groups is 1. The van der Waals surface area contributed by atoms with Crippen LogP contribution in [0.3, 0.4) is 0 Å². The molecule has 0 saturated carbocycles. The minimum absolute atomic E-state index is 0.105. The van der Waals surface area contributed by atoms with Crippen molar-refractivity contribution in [3.63, 3.8) is 0 Å². The molecular formula is C11H12ClN3O2. The molecule has 2 rings (SSSR count). The number of anilines is 1. The number of rotatable bonds is 3. The highest BCUT2D eigenvalue weighted by Gasteiger charge is 2.14. The predicted molar refractivity (Wildman–Crippen MR) is 65.4 cm³/mol. The van der Waals surface area contributed by atoms with Crippen LogP contribution in [0.25, 0.3) is 11.5 Å². The number of phenols is 1. The monoisotopic (exact) mass is 253 g/mol. The van der Waals surface area contributed by atoms with Crippen molar-refractivity contribution in [3.05, 3.63) is 23.2 Å². The molecule has 0 aliphatic rings. The van der Waals surface area contributed by atoms with Gasteiger partial charge in [0.05, 0.1) is 10.6 Å². The lowest BCUT2D eigenvalue weighted by atomic mass is 10.2. The summed E-state index contributed by atoms with van der Waals surface area (Å²) in [6.45, 7) is 2.75. The maximum atomic E-state index is 9.40. The molecule has 0 bridgehead atoms. The molecule has 2 aromatic rings. The summed E-state index contributed by atoms with van der Waals surface area (Å²) in [5.41, 5.74) is 0.523. The summed E-state index contributed by atoms with van der Waals surface area (Å²) < 4.78 is 5.11. The van der Waals surface area contributed by atoms with Crippen LogP contribution in [0, 0.1) is 0 Å². The van der Waals surface area contributed by atoms with E-state index in [9.17, 15) is 5.11 Å². The van der Waals surface area contributed by atoms with Crippen LogP contribution in [-0.4, -0.2) is 28.8 Å². The van der Waals surface area contributed by atoms with E-state index in [0.717, 1.165) is 6.54 Å². The number of hydrogen-bond donors (Lipinski definition) is 1. The number of halogens is 1. The van der Waals surface area contributed by atoms with E-state index in [2.05, 4.69) is 10.1 Å². The Bertz CT molecular complexity index is 527. The summed E-state index contributed by atoms with van der Waals surface area (Å²) in [5, 5.41) is 13.7. The Morgan fingerprint density at radius 2 is 2.24 bits per heavy atom. The van der Waals surface area contributed by atoms with Gasteiger partial charge in [-0.05, 0) is 30.3 Å². The standard InChI is InChI=1S/C11H12ClN3O2/c1-3-15(2)11-13-10(17-14-11)8-6-7(16)4-5-9(8)12/h4-6,16H,3H2,1-2H3. The Morgan fingerprint density at radius 3 is 2.94 bits per heavy atom. The lowest BCUT2D eigenvalue weighted by molar-refractivity contribution is 0.429. The van der Waals surface area contributed by atoms with E-state index in [1.807, 2.05) is 18.9 Å². The first-order valence-electron chi connectivity index (χ1n) is 5.15. The van der Waals surface area contributed by atoms with Crippen molar-refractivity contribution in [2.75, 3.05) is 18.5 Å². The molecule has 1 heterocycles. The molecule has 1 aromatic carbocycles. The summed E-state index contributed by atoms with van der Waals surface area (Å²) in [6.07, 6.45) is 0. The number of nitrogens with zero attached hydrogens (tertiary/aromatic N) is 3. The van der Waals surface area contributed by atoms with Crippen LogP contribution in [0.5, 0.6) is 5.75 Å². The second-order valence-electron chi connectivity index (χ2n) is 3.58. The second kappa shape index (κ2) is 4.63. The molecule has 0 atom stereocenters. The quantitative estimate of drug-likeness (QED) is 0.911. The molecule has 1 N–H and O–H groups in total. The Morgan fingerprint density at radius 1 is 1.47 bits per heavy atom. The molecule has 0 amide bonds. The molecule has 0 aliphatic carbocycles. The van der Waals surface area contributed by atoms with Gasteiger partial charge < -0.3 is 14.5 Å². The number of phenolic OH excluding ortho intramolecular Hbond substituents is 1. The maximum Gasteiger partial charge on any atom is 0.266 e. The van der Waals surface area contributed by atoms with Crippen molar-refractivity contribution >= 4 is 17.5 Å². The zero-order valence-corrected chi connectivity index (χ0v) is 10.3. The molecule has 90 valence electrons. The number of hydrogen-bond acceptors (Lipinski definition) is 5. The van der Waals surface area contributed by atoms with E-state index >= 15 is 0 Å². The maximum absolute atomic E-state index is 9.40. The summed E-state index contributed by atoms with van der Waals surface area (Å²) in [4.78, 5) is 6.04. The van der Waals surface area contributed by atoms with Gasteiger partial charge >= 0.3 is 0 Å². The highest BCUT2D eigenvalue weighted by Crippen LogP contribution is 2.30. The van der Waals surface area contributed by atoms with Crippen LogP contribution in [-0.2, 0) is 0 Å². The van der Waals surface area contributed by atoms with Gasteiger partial charge in [0, 0.05) is 13.6 Å². The van der Waals surface area contributed by atoms with Gasteiger partial charge in [-0.25, -0.2) is 0 Å². The van der Waals surface area contributed by atoms with E-state index in [1.54, 1.807) is 6.07 Å². The minimum Gasteiger partial charge on any atom is -0.508 e. The molecule has 6 heteroatoms. The summed E-state index contributed by atoms with van der Waals surface area (Å²) >= 11 is 6.00. The Kier molecular flexibility index (Phi) is 3.19. The molecule has 1 aromatic heterocycles. The fourth-order valence-electron chi connectivity index (χ4n) is 1.30. The van der Waals surface area contributed by atoms with Crippen molar-refractivity contribution in [1.82, 2.24) is 10.1 Å². The number of benzene rings is 1. The lowest BCUT2D eigenvalue weighted by Gasteiger charge is -2.08. The van der Waals surface area contributed by atoms with Gasteiger partial charge in [0.15, 0.2) is 0 Å². The first kappa shape index (κ1) is 11.7. The average molecular weight is 254 g/mol. The third kappa shape index (κ3) is 2.34. The van der Waals surface area contributed by atoms with Gasteiger partial charge in [-0.1, -0.05) is 11.6 Å². The lowest BCUT2D eigenvalue weighted by Crippen LogP contribution is -2.16. The molecule has 0 spiro atoms. The molecule has 0 aliphatic heterocycles. The Hall–Kier alpha value is -1.75.